The van der Waals surface area contributed by atoms with Crippen LogP contribution in [-0.2, 0) is 0 Å². The van der Waals surface area contributed by atoms with E-state index in [1.54, 1.807) is 31.4 Å². The first kappa shape index (κ1) is 23.3. The molecule has 34 heavy (non-hydrogen) atoms. The number of benzene rings is 3. The van der Waals surface area contributed by atoms with Gasteiger partial charge >= 0.3 is 0 Å². The van der Waals surface area contributed by atoms with Crippen molar-refractivity contribution in [1.82, 2.24) is 10.3 Å². The van der Waals surface area contributed by atoms with E-state index < -0.39 is 0 Å². The number of carbonyl (C=O) groups excluding carboxylic acids is 1. The van der Waals surface area contributed by atoms with Gasteiger partial charge in [0.25, 0.3) is 5.91 Å². The highest BCUT2D eigenvalue weighted by Crippen LogP contribution is 2.28. The van der Waals surface area contributed by atoms with Crippen molar-refractivity contribution in [3.05, 3.63) is 72.3 Å². The molecule has 0 unspecified atom stereocenters. The number of fused-ring (bicyclic) bond motifs is 1. The van der Waals surface area contributed by atoms with E-state index >= 15 is 0 Å². The van der Waals surface area contributed by atoms with Crippen LogP contribution in [0.15, 0.2) is 71.1 Å². The predicted molar refractivity (Wildman–Crippen MR) is 137 cm³/mol. The molecule has 0 saturated heterocycles. The lowest BCUT2D eigenvalue weighted by Crippen LogP contribution is -2.34. The van der Waals surface area contributed by atoms with Gasteiger partial charge in [0.05, 0.1) is 13.7 Å². The predicted octanol–water partition coefficient (Wildman–Crippen LogP) is 5.81. The van der Waals surface area contributed by atoms with Crippen molar-refractivity contribution in [2.45, 2.75) is 19.8 Å². The number of methoxy groups -OCH3 is 1. The number of amides is 1. The van der Waals surface area contributed by atoms with Gasteiger partial charge < -0.3 is 19.2 Å². The highest BCUT2D eigenvalue weighted by Gasteiger charge is 2.12. The second-order valence-corrected chi connectivity index (χ2v) is 7.98. The van der Waals surface area contributed by atoms with Crippen LogP contribution in [0.5, 0.6) is 11.5 Å². The van der Waals surface area contributed by atoms with E-state index in [1.165, 1.54) is 0 Å². The largest absolute Gasteiger partial charge is 0.497 e. The minimum Gasteiger partial charge on any atom is -0.497 e. The van der Waals surface area contributed by atoms with Gasteiger partial charge in [0.1, 0.15) is 17.0 Å². The van der Waals surface area contributed by atoms with Gasteiger partial charge in [0.15, 0.2) is 10.7 Å². The molecular formula is C26H25N3O4S. The molecule has 3 aromatic carbocycles. The number of hydrogen-bond acceptors (Lipinski definition) is 6. The van der Waals surface area contributed by atoms with Crippen LogP contribution in [0.3, 0.4) is 0 Å². The zero-order valence-corrected chi connectivity index (χ0v) is 19.8. The van der Waals surface area contributed by atoms with Gasteiger partial charge in [0.2, 0.25) is 5.89 Å². The molecular weight excluding hydrogens is 450 g/mol. The third-order valence-corrected chi connectivity index (χ3v) is 5.28. The molecule has 4 rings (SSSR count). The summed E-state index contributed by atoms with van der Waals surface area (Å²) in [5.74, 6) is 1.62. The van der Waals surface area contributed by atoms with Crippen LogP contribution < -0.4 is 20.1 Å². The Morgan fingerprint density at radius 3 is 2.62 bits per heavy atom. The molecule has 0 fully saturated rings. The first-order valence-corrected chi connectivity index (χ1v) is 11.4. The average Bonchev–Trinajstić information content (AvgIpc) is 3.28. The summed E-state index contributed by atoms with van der Waals surface area (Å²) in [6.07, 6.45) is 2.06. The van der Waals surface area contributed by atoms with E-state index in [0.717, 1.165) is 24.2 Å². The van der Waals surface area contributed by atoms with Gasteiger partial charge in [-0.25, -0.2) is 4.98 Å². The number of thiocarbonyl (C=S) groups is 1. The normalized spacial score (nSPS) is 10.6. The zero-order chi connectivity index (χ0) is 23.9. The number of nitrogens with one attached hydrogen (secondary N) is 2. The van der Waals surface area contributed by atoms with Crippen molar-refractivity contribution in [3.63, 3.8) is 0 Å². The molecule has 0 bridgehead atoms. The van der Waals surface area contributed by atoms with Crippen LogP contribution in [0.1, 0.15) is 30.1 Å². The summed E-state index contributed by atoms with van der Waals surface area (Å²) in [4.78, 5) is 17.1. The summed E-state index contributed by atoms with van der Waals surface area (Å²) in [6, 6.07) is 19.9. The van der Waals surface area contributed by atoms with E-state index in [4.69, 9.17) is 26.1 Å². The fourth-order valence-electron chi connectivity index (χ4n) is 3.26. The molecule has 0 saturated carbocycles. The maximum absolute atomic E-state index is 12.5. The lowest BCUT2D eigenvalue weighted by Gasteiger charge is -2.11. The van der Waals surface area contributed by atoms with E-state index in [9.17, 15) is 4.79 Å². The lowest BCUT2D eigenvalue weighted by atomic mass is 10.2. The third kappa shape index (κ3) is 5.71. The van der Waals surface area contributed by atoms with E-state index in [2.05, 4.69) is 22.5 Å². The highest BCUT2D eigenvalue weighted by molar-refractivity contribution is 7.80. The Bertz CT molecular complexity index is 1300. The molecule has 0 spiro atoms. The van der Waals surface area contributed by atoms with Crippen molar-refractivity contribution < 1.29 is 18.7 Å². The Morgan fingerprint density at radius 2 is 1.85 bits per heavy atom. The summed E-state index contributed by atoms with van der Waals surface area (Å²) in [6.45, 7) is 2.77. The highest BCUT2D eigenvalue weighted by atomic mass is 32.1. The molecule has 2 N–H and O–H groups in total. The summed E-state index contributed by atoms with van der Waals surface area (Å²) >= 11 is 5.33. The van der Waals surface area contributed by atoms with Gasteiger partial charge in [-0.1, -0.05) is 19.4 Å². The molecule has 0 radical (unpaired) electrons. The Hall–Kier alpha value is -3.91. The van der Waals surface area contributed by atoms with Crippen LogP contribution in [0.25, 0.3) is 22.6 Å². The average molecular weight is 476 g/mol. The summed E-state index contributed by atoms with van der Waals surface area (Å²) in [5.41, 5.74) is 3.33. The van der Waals surface area contributed by atoms with Crippen molar-refractivity contribution in [1.29, 1.82) is 0 Å². The first-order valence-electron chi connectivity index (χ1n) is 11.0. The molecule has 4 aromatic rings. The molecule has 0 atom stereocenters. The maximum Gasteiger partial charge on any atom is 0.257 e. The van der Waals surface area contributed by atoms with Crippen molar-refractivity contribution in [3.8, 4) is 23.0 Å². The fourth-order valence-corrected chi connectivity index (χ4v) is 3.47. The second-order valence-electron chi connectivity index (χ2n) is 7.57. The minimum atomic E-state index is -0.304. The second kappa shape index (κ2) is 10.8. The number of nitrogens with zero attached hydrogens (tertiary/aromatic N) is 1. The Labute approximate surface area is 203 Å². The van der Waals surface area contributed by atoms with Crippen molar-refractivity contribution in [2.75, 3.05) is 19.0 Å². The molecule has 0 aliphatic rings. The van der Waals surface area contributed by atoms with E-state index in [-0.39, 0.29) is 11.0 Å². The quantitative estimate of drug-likeness (QED) is 0.246. The number of ether oxygens (including phenoxy) is 2. The van der Waals surface area contributed by atoms with Crippen LogP contribution in [0, 0.1) is 0 Å². The number of unbranched alkanes of at least 4 members (excludes halogenated alkanes) is 1. The molecule has 0 aliphatic heterocycles. The molecule has 7 nitrogen and oxygen atoms in total. The molecule has 8 heteroatoms. The molecule has 1 heterocycles. The molecule has 1 amide bonds. The fraction of sp³-hybridized carbons (Fsp3) is 0.192. The van der Waals surface area contributed by atoms with Gasteiger partial charge in [0, 0.05) is 22.9 Å². The first-order chi connectivity index (χ1) is 16.6. The smallest absolute Gasteiger partial charge is 0.257 e. The topological polar surface area (TPSA) is 85.6 Å². The third-order valence-electron chi connectivity index (χ3n) is 5.07. The summed E-state index contributed by atoms with van der Waals surface area (Å²) < 4.78 is 16.7. The van der Waals surface area contributed by atoms with Crippen molar-refractivity contribution >= 4 is 40.0 Å². The number of hydrogen-bond donors (Lipinski definition) is 2. The number of aromatic nitrogens is 1. The van der Waals surface area contributed by atoms with Crippen LogP contribution in [-0.4, -0.2) is 29.7 Å². The number of rotatable bonds is 8. The summed E-state index contributed by atoms with van der Waals surface area (Å²) in [7, 11) is 1.61. The van der Waals surface area contributed by atoms with Gasteiger partial charge in [-0.05, 0) is 73.2 Å². The van der Waals surface area contributed by atoms with E-state index in [0.29, 0.717) is 40.6 Å². The molecule has 0 aliphatic carbocycles. The lowest BCUT2D eigenvalue weighted by molar-refractivity contribution is 0.0977. The monoisotopic (exact) mass is 475 g/mol. The van der Waals surface area contributed by atoms with Crippen LogP contribution in [0.4, 0.5) is 5.69 Å². The van der Waals surface area contributed by atoms with Gasteiger partial charge in [-0.2, -0.15) is 0 Å². The number of carbonyl (C=O) groups is 1. The van der Waals surface area contributed by atoms with Crippen molar-refractivity contribution in [2.24, 2.45) is 0 Å². The van der Waals surface area contributed by atoms with Gasteiger partial charge in [-0.15, -0.1) is 0 Å². The van der Waals surface area contributed by atoms with Crippen LogP contribution in [0.2, 0.25) is 0 Å². The number of anilines is 1. The maximum atomic E-state index is 12.5. The van der Waals surface area contributed by atoms with E-state index in [1.807, 2.05) is 42.5 Å². The Morgan fingerprint density at radius 1 is 1.06 bits per heavy atom. The summed E-state index contributed by atoms with van der Waals surface area (Å²) in [5, 5.41) is 5.92. The zero-order valence-electron chi connectivity index (χ0n) is 19.0. The Kier molecular flexibility index (Phi) is 7.39. The minimum absolute atomic E-state index is 0.188. The Balaban J connectivity index is 1.39. The molecule has 174 valence electrons. The van der Waals surface area contributed by atoms with Gasteiger partial charge in [-0.3, -0.25) is 10.1 Å². The molecule has 1 aromatic heterocycles. The number of oxazole rings is 1. The SMILES string of the molecule is CCCCOc1ccc(C(=O)NC(=S)Nc2cccc(-c3nc4cc(OC)ccc4o3)c2)cc1. The van der Waals surface area contributed by atoms with Crippen LogP contribution >= 0.6 is 12.2 Å². The standard InChI is InChI=1S/C26H25N3O4S/c1-3-4-14-32-20-10-8-17(9-11-20)24(30)29-26(34)27-19-7-5-6-18(15-19)25-28-22-16-21(31-2)12-13-23(22)33-25/h5-13,15-16H,3-4,14H2,1-2H3,(H2,27,29,30,34).